The van der Waals surface area contributed by atoms with Crippen LogP contribution in [0.15, 0.2) is 102 Å². The summed E-state index contributed by atoms with van der Waals surface area (Å²) in [6.45, 7) is -0.231. The molecular weight excluding hydrogens is 455 g/mol. The Kier molecular flexibility index (Phi) is 7.08. The van der Waals surface area contributed by atoms with Gasteiger partial charge in [-0.3, -0.25) is 9.10 Å². The highest BCUT2D eigenvalue weighted by atomic mass is 32.2. The number of carbonyl (C=O) groups is 1. The van der Waals surface area contributed by atoms with E-state index in [1.165, 1.54) is 30.3 Å². The fraction of sp³-hybridized carbons (Fsp3) is 0.115. The van der Waals surface area contributed by atoms with Crippen LogP contribution in [-0.4, -0.2) is 34.0 Å². The monoisotopic (exact) mass is 478 g/mol. The van der Waals surface area contributed by atoms with E-state index < -0.39 is 28.3 Å². The topological polar surface area (TPSA) is 75.7 Å². The van der Waals surface area contributed by atoms with Crippen LogP contribution in [0.25, 0.3) is 10.8 Å². The lowest BCUT2D eigenvalue weighted by atomic mass is 10.1. The molecule has 34 heavy (non-hydrogen) atoms. The zero-order valence-corrected chi connectivity index (χ0v) is 19.0. The van der Waals surface area contributed by atoms with Crippen LogP contribution in [0.3, 0.4) is 0 Å². The van der Waals surface area contributed by atoms with E-state index in [-0.39, 0.29) is 23.7 Å². The predicted octanol–water partition coefficient (Wildman–Crippen LogP) is 4.37. The molecule has 0 saturated heterocycles. The van der Waals surface area contributed by atoms with Crippen LogP contribution >= 0.6 is 0 Å². The Morgan fingerprint density at radius 1 is 0.853 bits per heavy atom. The molecule has 0 fully saturated rings. The van der Waals surface area contributed by atoms with Crippen molar-refractivity contribution in [3.05, 3.63) is 103 Å². The Hall–Kier alpha value is -3.91. The molecule has 0 unspecified atom stereocenters. The van der Waals surface area contributed by atoms with Gasteiger partial charge in [-0.25, -0.2) is 12.8 Å². The fourth-order valence-corrected chi connectivity index (χ4v) is 4.93. The van der Waals surface area contributed by atoms with Crippen LogP contribution in [0.5, 0.6) is 5.75 Å². The molecule has 0 heterocycles. The van der Waals surface area contributed by atoms with Gasteiger partial charge in [-0.1, -0.05) is 60.7 Å². The molecule has 0 saturated carbocycles. The average molecular weight is 479 g/mol. The summed E-state index contributed by atoms with van der Waals surface area (Å²) in [4.78, 5) is 12.6. The number of nitrogens with one attached hydrogen (secondary N) is 1. The molecule has 0 atom stereocenters. The number of sulfonamides is 1. The number of ether oxygens (including phenoxy) is 1. The van der Waals surface area contributed by atoms with Crippen LogP contribution in [0.1, 0.15) is 0 Å². The molecule has 0 aliphatic rings. The Bertz CT molecular complexity index is 1390. The van der Waals surface area contributed by atoms with Crippen molar-refractivity contribution in [2.45, 2.75) is 4.90 Å². The van der Waals surface area contributed by atoms with Gasteiger partial charge in [0.05, 0.1) is 17.1 Å². The minimum atomic E-state index is -4.16. The third kappa shape index (κ3) is 5.35. The van der Waals surface area contributed by atoms with Crippen LogP contribution in [0, 0.1) is 5.82 Å². The van der Waals surface area contributed by atoms with Crippen molar-refractivity contribution in [3.63, 3.8) is 0 Å². The first kappa shape index (κ1) is 23.3. The summed E-state index contributed by atoms with van der Waals surface area (Å²) in [6.07, 6.45) is 0. The average Bonchev–Trinajstić information content (AvgIpc) is 2.86. The second-order valence-electron chi connectivity index (χ2n) is 7.48. The first-order valence-electron chi connectivity index (χ1n) is 10.7. The molecule has 0 aliphatic carbocycles. The summed E-state index contributed by atoms with van der Waals surface area (Å²) >= 11 is 0. The first-order chi connectivity index (χ1) is 16.4. The van der Waals surface area contributed by atoms with E-state index in [4.69, 9.17) is 4.74 Å². The Morgan fingerprint density at radius 3 is 2.29 bits per heavy atom. The van der Waals surface area contributed by atoms with Gasteiger partial charge in [0.15, 0.2) is 0 Å². The van der Waals surface area contributed by atoms with Crippen LogP contribution < -0.4 is 14.4 Å². The molecule has 0 radical (unpaired) electrons. The van der Waals surface area contributed by atoms with Gasteiger partial charge < -0.3 is 10.1 Å². The summed E-state index contributed by atoms with van der Waals surface area (Å²) in [7, 11) is -4.16. The second-order valence-corrected chi connectivity index (χ2v) is 9.35. The number of benzene rings is 4. The standard InChI is InChI=1S/C26H23FN2O4S/c27-24-12-6-7-13-25(24)29(34(31,32)23-10-2-1-3-11-23)19-26(30)28-16-17-33-22-15-14-20-8-4-5-9-21(20)18-22/h1-15,18H,16-17,19H2,(H,28,30). The number of para-hydroxylation sites is 1. The maximum Gasteiger partial charge on any atom is 0.264 e. The van der Waals surface area contributed by atoms with Crippen molar-refractivity contribution in [2.75, 3.05) is 24.0 Å². The van der Waals surface area contributed by atoms with E-state index in [0.717, 1.165) is 21.1 Å². The molecule has 4 aromatic carbocycles. The Morgan fingerprint density at radius 2 is 1.53 bits per heavy atom. The minimum absolute atomic E-state index is 0.0364. The van der Waals surface area contributed by atoms with Crippen molar-refractivity contribution in [1.29, 1.82) is 0 Å². The normalized spacial score (nSPS) is 11.2. The second kappa shape index (κ2) is 10.4. The smallest absolute Gasteiger partial charge is 0.264 e. The van der Waals surface area contributed by atoms with E-state index in [1.54, 1.807) is 18.2 Å². The van der Waals surface area contributed by atoms with E-state index >= 15 is 0 Å². The largest absolute Gasteiger partial charge is 0.492 e. The molecule has 0 bridgehead atoms. The molecule has 8 heteroatoms. The molecule has 0 spiro atoms. The maximum atomic E-state index is 14.5. The van der Waals surface area contributed by atoms with E-state index in [0.29, 0.717) is 5.75 Å². The zero-order valence-electron chi connectivity index (χ0n) is 18.2. The van der Waals surface area contributed by atoms with Crippen LogP contribution in [-0.2, 0) is 14.8 Å². The molecular formula is C26H23FN2O4S. The van der Waals surface area contributed by atoms with Crippen LogP contribution in [0.2, 0.25) is 0 Å². The number of amides is 1. The van der Waals surface area contributed by atoms with Gasteiger partial charge >= 0.3 is 0 Å². The van der Waals surface area contributed by atoms with Gasteiger partial charge in [0, 0.05) is 0 Å². The molecule has 1 amide bonds. The van der Waals surface area contributed by atoms with Gasteiger partial charge in [-0.2, -0.15) is 0 Å². The zero-order chi connectivity index (χ0) is 24.0. The number of carbonyl (C=O) groups excluding carboxylic acids is 1. The van der Waals surface area contributed by atoms with Crippen molar-refractivity contribution in [1.82, 2.24) is 5.32 Å². The highest BCUT2D eigenvalue weighted by molar-refractivity contribution is 7.92. The van der Waals surface area contributed by atoms with Crippen molar-refractivity contribution in [3.8, 4) is 5.75 Å². The SMILES string of the molecule is O=C(CN(c1ccccc1F)S(=O)(=O)c1ccccc1)NCCOc1ccc2ccccc2c1. The molecule has 174 valence electrons. The van der Waals surface area contributed by atoms with E-state index in [9.17, 15) is 17.6 Å². The summed E-state index contributed by atoms with van der Waals surface area (Å²) in [5.74, 6) is -0.660. The number of anilines is 1. The number of fused-ring (bicyclic) bond motifs is 1. The number of rotatable bonds is 9. The molecule has 6 nitrogen and oxygen atoms in total. The molecule has 0 aromatic heterocycles. The third-order valence-corrected chi connectivity index (χ3v) is 6.93. The number of hydrogen-bond acceptors (Lipinski definition) is 4. The summed E-state index contributed by atoms with van der Waals surface area (Å²) in [6, 6.07) is 26.6. The summed E-state index contributed by atoms with van der Waals surface area (Å²) in [5.41, 5.74) is -0.200. The lowest BCUT2D eigenvalue weighted by Crippen LogP contribution is -2.42. The maximum absolute atomic E-state index is 14.5. The lowest BCUT2D eigenvalue weighted by molar-refractivity contribution is -0.119. The summed E-state index contributed by atoms with van der Waals surface area (Å²) < 4.78 is 47.4. The molecule has 4 aromatic rings. The highest BCUT2D eigenvalue weighted by Crippen LogP contribution is 2.26. The van der Waals surface area contributed by atoms with Crippen molar-refractivity contribution < 1.29 is 22.3 Å². The van der Waals surface area contributed by atoms with Gasteiger partial charge in [-0.05, 0) is 47.2 Å². The number of hydrogen-bond donors (Lipinski definition) is 1. The van der Waals surface area contributed by atoms with E-state index in [2.05, 4.69) is 5.32 Å². The lowest BCUT2D eigenvalue weighted by Gasteiger charge is -2.24. The van der Waals surface area contributed by atoms with Gasteiger partial charge in [0.2, 0.25) is 5.91 Å². The predicted molar refractivity (Wildman–Crippen MR) is 130 cm³/mol. The molecule has 1 N–H and O–H groups in total. The van der Waals surface area contributed by atoms with Gasteiger partial charge in [0.1, 0.15) is 24.7 Å². The highest BCUT2D eigenvalue weighted by Gasteiger charge is 2.28. The quantitative estimate of drug-likeness (QED) is 0.363. The van der Waals surface area contributed by atoms with Crippen molar-refractivity contribution in [2.24, 2.45) is 0 Å². The van der Waals surface area contributed by atoms with E-state index in [1.807, 2.05) is 42.5 Å². The van der Waals surface area contributed by atoms with Gasteiger partial charge in [-0.15, -0.1) is 0 Å². The first-order valence-corrected chi connectivity index (χ1v) is 12.1. The minimum Gasteiger partial charge on any atom is -0.492 e. The fourth-order valence-electron chi connectivity index (χ4n) is 3.48. The third-order valence-electron chi connectivity index (χ3n) is 5.15. The molecule has 4 rings (SSSR count). The van der Waals surface area contributed by atoms with Crippen molar-refractivity contribution >= 4 is 32.4 Å². The Labute approximate surface area is 197 Å². The number of nitrogens with zero attached hydrogens (tertiary/aromatic N) is 1. The van der Waals surface area contributed by atoms with Gasteiger partial charge in [0.25, 0.3) is 10.0 Å². The number of halogens is 1. The summed E-state index contributed by atoms with van der Waals surface area (Å²) in [5, 5.41) is 4.77. The molecule has 0 aliphatic heterocycles. The Balaban J connectivity index is 1.42. The van der Waals surface area contributed by atoms with Crippen LogP contribution in [0.4, 0.5) is 10.1 Å².